The van der Waals surface area contributed by atoms with Crippen molar-refractivity contribution in [1.29, 1.82) is 0 Å². The van der Waals surface area contributed by atoms with E-state index in [9.17, 15) is 23.1 Å². The third kappa shape index (κ3) is 4.82. The van der Waals surface area contributed by atoms with Crippen LogP contribution in [0, 0.1) is 0 Å². The second-order valence-corrected chi connectivity index (χ2v) is 5.99. The highest BCUT2D eigenvalue weighted by Gasteiger charge is 2.30. The van der Waals surface area contributed by atoms with E-state index in [-0.39, 0.29) is 23.5 Å². The molecule has 0 atom stereocenters. The van der Waals surface area contributed by atoms with Crippen LogP contribution in [-0.2, 0) is 12.8 Å². The Morgan fingerprint density at radius 2 is 1.71 bits per heavy atom. The number of benzene rings is 3. The lowest BCUT2D eigenvalue weighted by atomic mass is 10.1. The fourth-order valence-electron chi connectivity index (χ4n) is 2.57. The van der Waals surface area contributed by atoms with Crippen molar-refractivity contribution >= 4 is 17.3 Å². The van der Waals surface area contributed by atoms with Gasteiger partial charge in [0.15, 0.2) is 0 Å². The molecule has 0 aliphatic carbocycles. The number of rotatable bonds is 6. The summed E-state index contributed by atoms with van der Waals surface area (Å²) < 4.78 is 44.2. The number of aromatic carboxylic acids is 1. The van der Waals surface area contributed by atoms with Crippen LogP contribution in [0.2, 0.25) is 0 Å². The van der Waals surface area contributed by atoms with Gasteiger partial charge in [-0.25, -0.2) is 4.79 Å². The van der Waals surface area contributed by atoms with E-state index in [0.717, 1.165) is 17.7 Å². The number of anilines is 2. The minimum atomic E-state index is -4.48. The lowest BCUT2D eigenvalue weighted by molar-refractivity contribution is -0.137. The molecule has 0 heterocycles. The first kappa shape index (κ1) is 19.3. The molecule has 3 rings (SSSR count). The second kappa shape index (κ2) is 8.04. The van der Waals surface area contributed by atoms with Gasteiger partial charge in [-0.3, -0.25) is 0 Å². The molecule has 0 aliphatic heterocycles. The minimum absolute atomic E-state index is 0.108. The fourth-order valence-corrected chi connectivity index (χ4v) is 2.57. The number of carbonyl (C=O) groups is 1. The van der Waals surface area contributed by atoms with E-state index in [0.29, 0.717) is 5.75 Å². The van der Waals surface area contributed by atoms with Crippen molar-refractivity contribution in [2.24, 2.45) is 0 Å². The van der Waals surface area contributed by atoms with E-state index in [2.05, 4.69) is 5.32 Å². The van der Waals surface area contributed by atoms with Crippen LogP contribution in [0.4, 0.5) is 24.5 Å². The highest BCUT2D eigenvalue weighted by atomic mass is 19.4. The zero-order chi connectivity index (χ0) is 20.1. The normalized spacial score (nSPS) is 11.1. The van der Waals surface area contributed by atoms with Gasteiger partial charge in [0.25, 0.3) is 0 Å². The van der Waals surface area contributed by atoms with Crippen LogP contribution in [0.3, 0.4) is 0 Å². The molecular formula is C21H16F3NO3. The Labute approximate surface area is 159 Å². The number of nitrogens with one attached hydrogen (secondary N) is 1. The molecule has 0 radical (unpaired) electrons. The maximum absolute atomic E-state index is 12.9. The molecule has 0 spiro atoms. The van der Waals surface area contributed by atoms with E-state index in [4.69, 9.17) is 4.74 Å². The highest BCUT2D eigenvalue weighted by Crippen LogP contribution is 2.32. The van der Waals surface area contributed by atoms with Crippen molar-refractivity contribution in [1.82, 2.24) is 0 Å². The lowest BCUT2D eigenvalue weighted by Crippen LogP contribution is -2.07. The summed E-state index contributed by atoms with van der Waals surface area (Å²) in [5.74, 6) is -0.879. The van der Waals surface area contributed by atoms with Crippen LogP contribution < -0.4 is 10.1 Å². The summed E-state index contributed by atoms with van der Waals surface area (Å²) in [5.41, 5.74) is 0.292. The molecule has 3 aromatic rings. The molecule has 0 fully saturated rings. The molecular weight excluding hydrogens is 371 g/mol. The van der Waals surface area contributed by atoms with Crippen LogP contribution in [0.25, 0.3) is 0 Å². The summed E-state index contributed by atoms with van der Waals surface area (Å²) in [6.45, 7) is 0.264. The summed E-state index contributed by atoms with van der Waals surface area (Å²) in [6, 6.07) is 18.3. The van der Waals surface area contributed by atoms with Crippen molar-refractivity contribution < 1.29 is 27.8 Å². The first-order valence-corrected chi connectivity index (χ1v) is 8.31. The molecule has 0 bridgehead atoms. The van der Waals surface area contributed by atoms with E-state index in [1.807, 2.05) is 30.3 Å². The fraction of sp³-hybridized carbons (Fsp3) is 0.0952. The van der Waals surface area contributed by atoms with Gasteiger partial charge in [0.2, 0.25) is 0 Å². The molecule has 28 heavy (non-hydrogen) atoms. The Hall–Kier alpha value is -3.48. The van der Waals surface area contributed by atoms with Gasteiger partial charge in [-0.1, -0.05) is 36.4 Å². The molecule has 144 valence electrons. The monoisotopic (exact) mass is 387 g/mol. The van der Waals surface area contributed by atoms with Crippen molar-refractivity contribution in [3.05, 3.63) is 89.5 Å². The summed E-state index contributed by atoms with van der Waals surface area (Å²) in [5, 5.41) is 12.2. The Morgan fingerprint density at radius 3 is 2.39 bits per heavy atom. The van der Waals surface area contributed by atoms with Crippen LogP contribution in [0.15, 0.2) is 72.8 Å². The van der Waals surface area contributed by atoms with Crippen LogP contribution >= 0.6 is 0 Å². The Kier molecular flexibility index (Phi) is 5.54. The molecule has 0 aromatic heterocycles. The summed E-state index contributed by atoms with van der Waals surface area (Å²) in [4.78, 5) is 11.6. The molecule has 7 heteroatoms. The molecule has 0 saturated carbocycles. The van der Waals surface area contributed by atoms with E-state index < -0.39 is 17.7 Å². The summed E-state index contributed by atoms with van der Waals surface area (Å²) >= 11 is 0. The molecule has 2 N–H and O–H groups in total. The first-order chi connectivity index (χ1) is 13.3. The van der Waals surface area contributed by atoms with Crippen molar-refractivity contribution in [2.45, 2.75) is 12.8 Å². The zero-order valence-corrected chi connectivity index (χ0v) is 14.5. The van der Waals surface area contributed by atoms with Crippen molar-refractivity contribution in [2.75, 3.05) is 5.32 Å². The van der Waals surface area contributed by atoms with E-state index in [1.54, 1.807) is 6.07 Å². The Balaban J connectivity index is 1.81. The number of alkyl halides is 3. The predicted octanol–water partition coefficient (Wildman–Crippen LogP) is 5.73. The molecule has 0 saturated heterocycles. The van der Waals surface area contributed by atoms with Gasteiger partial charge in [-0.2, -0.15) is 13.2 Å². The topological polar surface area (TPSA) is 58.6 Å². The van der Waals surface area contributed by atoms with Crippen molar-refractivity contribution in [3.63, 3.8) is 0 Å². The first-order valence-electron chi connectivity index (χ1n) is 8.31. The maximum atomic E-state index is 12.9. The van der Waals surface area contributed by atoms with Crippen molar-refractivity contribution in [3.8, 4) is 5.75 Å². The minimum Gasteiger partial charge on any atom is -0.489 e. The average Bonchev–Trinajstić information content (AvgIpc) is 2.67. The maximum Gasteiger partial charge on any atom is 0.416 e. The van der Waals surface area contributed by atoms with E-state index in [1.165, 1.54) is 24.3 Å². The third-order valence-electron chi connectivity index (χ3n) is 3.94. The van der Waals surface area contributed by atoms with Crippen LogP contribution in [-0.4, -0.2) is 11.1 Å². The van der Waals surface area contributed by atoms with Gasteiger partial charge in [-0.05, 0) is 42.0 Å². The van der Waals surface area contributed by atoms with E-state index >= 15 is 0 Å². The number of ether oxygens (including phenoxy) is 1. The summed E-state index contributed by atoms with van der Waals surface area (Å²) in [7, 11) is 0. The lowest BCUT2D eigenvalue weighted by Gasteiger charge is -2.14. The molecule has 0 unspecified atom stereocenters. The van der Waals surface area contributed by atoms with Gasteiger partial charge in [0, 0.05) is 5.69 Å². The van der Waals surface area contributed by atoms with Gasteiger partial charge in [0.05, 0.1) is 16.8 Å². The highest BCUT2D eigenvalue weighted by molar-refractivity contribution is 5.95. The molecule has 3 aromatic carbocycles. The molecule has 0 amide bonds. The van der Waals surface area contributed by atoms with Gasteiger partial charge < -0.3 is 15.2 Å². The Morgan fingerprint density at radius 1 is 0.964 bits per heavy atom. The third-order valence-corrected chi connectivity index (χ3v) is 3.94. The zero-order valence-electron chi connectivity index (χ0n) is 14.5. The van der Waals surface area contributed by atoms with Crippen LogP contribution in [0.5, 0.6) is 5.75 Å². The average molecular weight is 387 g/mol. The van der Waals surface area contributed by atoms with Gasteiger partial charge >= 0.3 is 12.1 Å². The predicted molar refractivity (Wildman–Crippen MR) is 98.9 cm³/mol. The van der Waals surface area contributed by atoms with Crippen LogP contribution in [0.1, 0.15) is 21.5 Å². The number of hydrogen-bond acceptors (Lipinski definition) is 3. The quantitative estimate of drug-likeness (QED) is 0.567. The van der Waals surface area contributed by atoms with Gasteiger partial charge in [0.1, 0.15) is 12.4 Å². The van der Waals surface area contributed by atoms with Gasteiger partial charge in [-0.15, -0.1) is 0 Å². The number of hydrogen-bond donors (Lipinski definition) is 2. The summed E-state index contributed by atoms with van der Waals surface area (Å²) in [6.07, 6.45) is -4.48. The largest absolute Gasteiger partial charge is 0.489 e. The molecule has 0 aliphatic rings. The Bertz CT molecular complexity index is 972. The molecule has 4 nitrogen and oxygen atoms in total. The number of carboxylic acid groups (broad SMARTS) is 1. The standard InChI is InChI=1S/C21H16F3NO3/c22-21(23,24)15-7-4-8-16(11-15)25-19-10-9-17(12-18(19)20(26)27)28-13-14-5-2-1-3-6-14/h1-12,25H,13H2,(H,26,27). The SMILES string of the molecule is O=C(O)c1cc(OCc2ccccc2)ccc1Nc1cccc(C(F)(F)F)c1. The number of halogens is 3. The number of carboxylic acids is 1. The smallest absolute Gasteiger partial charge is 0.416 e. The second-order valence-electron chi connectivity index (χ2n) is 5.99.